The lowest BCUT2D eigenvalue weighted by molar-refractivity contribution is -0.120. The largest absolute Gasteiger partial charge is 0.454 e. The van der Waals surface area contributed by atoms with Crippen LogP contribution in [0.5, 0.6) is 11.5 Å². The van der Waals surface area contributed by atoms with Crippen LogP contribution in [-0.4, -0.2) is 31.7 Å². The molecule has 1 aromatic carbocycles. The van der Waals surface area contributed by atoms with E-state index in [0.717, 1.165) is 0 Å². The van der Waals surface area contributed by atoms with E-state index >= 15 is 0 Å². The van der Waals surface area contributed by atoms with Crippen LogP contribution < -0.4 is 20.1 Å². The van der Waals surface area contributed by atoms with E-state index in [4.69, 9.17) is 9.47 Å². The van der Waals surface area contributed by atoms with Gasteiger partial charge >= 0.3 is 0 Å². The van der Waals surface area contributed by atoms with Gasteiger partial charge in [-0.2, -0.15) is 0 Å². The molecule has 0 radical (unpaired) electrons. The van der Waals surface area contributed by atoms with Gasteiger partial charge in [-0.05, 0) is 18.2 Å². The summed E-state index contributed by atoms with van der Waals surface area (Å²) in [4.78, 5) is 22.8. The molecule has 6 heteroatoms. The molecule has 0 aromatic heterocycles. The van der Waals surface area contributed by atoms with Crippen LogP contribution in [0.3, 0.4) is 0 Å². The van der Waals surface area contributed by atoms with E-state index in [-0.39, 0.29) is 18.6 Å². The Balaban J connectivity index is 1.82. The topological polar surface area (TPSA) is 76.7 Å². The van der Waals surface area contributed by atoms with Crippen LogP contribution >= 0.6 is 0 Å². The molecule has 19 heavy (non-hydrogen) atoms. The lowest BCUT2D eigenvalue weighted by Crippen LogP contribution is -2.34. The van der Waals surface area contributed by atoms with Crippen molar-refractivity contribution >= 4 is 11.8 Å². The molecular weight excluding hydrogens is 248 g/mol. The second-order valence-electron chi connectivity index (χ2n) is 4.03. The summed E-state index contributed by atoms with van der Waals surface area (Å²) in [6.45, 7) is 2.77. The lowest BCUT2D eigenvalue weighted by atomic mass is 10.2. The number of hydrogen-bond acceptors (Lipinski definition) is 4. The first-order chi connectivity index (χ1) is 9.20. The van der Waals surface area contributed by atoms with E-state index in [1.54, 1.807) is 25.1 Å². The molecule has 2 N–H and O–H groups in total. The Morgan fingerprint density at radius 3 is 2.68 bits per heavy atom. The third-order valence-electron chi connectivity index (χ3n) is 2.69. The van der Waals surface area contributed by atoms with Crippen LogP contribution in [-0.2, 0) is 4.79 Å². The highest BCUT2D eigenvalue weighted by atomic mass is 16.7. The molecule has 0 fully saturated rings. The molecule has 102 valence electrons. The second-order valence-corrected chi connectivity index (χ2v) is 4.03. The number of hydrogen-bond donors (Lipinski definition) is 2. The van der Waals surface area contributed by atoms with Crippen molar-refractivity contribution < 1.29 is 19.1 Å². The monoisotopic (exact) mass is 264 g/mol. The summed E-state index contributed by atoms with van der Waals surface area (Å²) in [5.41, 5.74) is 0.506. The normalized spacial score (nSPS) is 12.1. The van der Waals surface area contributed by atoms with E-state index in [0.29, 0.717) is 36.6 Å². The van der Waals surface area contributed by atoms with E-state index in [1.165, 1.54) is 0 Å². The van der Waals surface area contributed by atoms with Gasteiger partial charge in [-0.1, -0.05) is 6.92 Å². The molecule has 1 heterocycles. The van der Waals surface area contributed by atoms with Gasteiger partial charge in [-0.15, -0.1) is 0 Å². The molecule has 0 saturated carbocycles. The van der Waals surface area contributed by atoms with Crippen molar-refractivity contribution in [1.82, 2.24) is 10.6 Å². The third-order valence-corrected chi connectivity index (χ3v) is 2.69. The molecule has 0 spiro atoms. The van der Waals surface area contributed by atoms with Gasteiger partial charge in [0.05, 0.1) is 0 Å². The summed E-state index contributed by atoms with van der Waals surface area (Å²) in [6.07, 6.45) is 0.441. The van der Waals surface area contributed by atoms with Gasteiger partial charge in [0.15, 0.2) is 11.5 Å². The molecule has 1 aliphatic rings. The van der Waals surface area contributed by atoms with E-state index in [2.05, 4.69) is 10.6 Å². The quantitative estimate of drug-likeness (QED) is 0.766. The first kappa shape index (κ1) is 13.2. The van der Waals surface area contributed by atoms with Crippen molar-refractivity contribution in [3.63, 3.8) is 0 Å². The van der Waals surface area contributed by atoms with Crippen LogP contribution in [0.1, 0.15) is 23.7 Å². The maximum atomic E-state index is 11.8. The SMILES string of the molecule is CCC(=O)NCCNC(=O)c1ccc2c(c1)OCO2. The molecule has 0 saturated heterocycles. The third kappa shape index (κ3) is 3.37. The van der Waals surface area contributed by atoms with Crippen LogP contribution in [0.15, 0.2) is 18.2 Å². The Hall–Kier alpha value is -2.24. The maximum absolute atomic E-state index is 11.8. The fourth-order valence-corrected chi connectivity index (χ4v) is 1.64. The number of nitrogens with one attached hydrogen (secondary N) is 2. The summed E-state index contributed by atoms with van der Waals surface area (Å²) in [5, 5.41) is 5.40. The highest BCUT2D eigenvalue weighted by molar-refractivity contribution is 5.94. The predicted molar refractivity (Wildman–Crippen MR) is 68.2 cm³/mol. The van der Waals surface area contributed by atoms with Gasteiger partial charge in [0.2, 0.25) is 12.7 Å². The van der Waals surface area contributed by atoms with Crippen LogP contribution in [0.2, 0.25) is 0 Å². The molecule has 2 amide bonds. The standard InChI is InChI=1S/C13H16N2O4/c1-2-12(16)14-5-6-15-13(17)9-3-4-10-11(7-9)19-8-18-10/h3-4,7H,2,5-6,8H2,1H3,(H,14,16)(H,15,17). The van der Waals surface area contributed by atoms with Gasteiger partial charge in [0, 0.05) is 25.1 Å². The average molecular weight is 264 g/mol. The number of carbonyl (C=O) groups excluding carboxylic acids is 2. The van der Waals surface area contributed by atoms with Crippen molar-refractivity contribution in [3.8, 4) is 11.5 Å². The first-order valence-corrected chi connectivity index (χ1v) is 6.15. The molecular formula is C13H16N2O4. The summed E-state index contributed by atoms with van der Waals surface area (Å²) >= 11 is 0. The van der Waals surface area contributed by atoms with Gasteiger partial charge in [-0.25, -0.2) is 0 Å². The molecule has 0 aliphatic carbocycles. The number of amides is 2. The lowest BCUT2D eigenvalue weighted by Gasteiger charge is -2.07. The fourth-order valence-electron chi connectivity index (χ4n) is 1.64. The van der Waals surface area contributed by atoms with Gasteiger partial charge in [-0.3, -0.25) is 9.59 Å². The zero-order chi connectivity index (χ0) is 13.7. The van der Waals surface area contributed by atoms with Crippen LogP contribution in [0.4, 0.5) is 0 Å². The summed E-state index contributed by atoms with van der Waals surface area (Å²) < 4.78 is 10.4. The molecule has 1 aliphatic heterocycles. The Morgan fingerprint density at radius 2 is 1.89 bits per heavy atom. The smallest absolute Gasteiger partial charge is 0.251 e. The number of benzene rings is 1. The number of rotatable bonds is 5. The second kappa shape index (κ2) is 6.08. The van der Waals surface area contributed by atoms with Crippen molar-refractivity contribution in [2.24, 2.45) is 0 Å². The maximum Gasteiger partial charge on any atom is 0.251 e. The van der Waals surface area contributed by atoms with E-state index in [9.17, 15) is 9.59 Å². The highest BCUT2D eigenvalue weighted by Crippen LogP contribution is 2.32. The van der Waals surface area contributed by atoms with E-state index in [1.807, 2.05) is 0 Å². The molecule has 2 rings (SSSR count). The minimum Gasteiger partial charge on any atom is -0.454 e. The van der Waals surface area contributed by atoms with Crippen LogP contribution in [0, 0.1) is 0 Å². The molecule has 0 atom stereocenters. The summed E-state index contributed by atoms with van der Waals surface area (Å²) in [6, 6.07) is 5.02. The minimum atomic E-state index is -0.205. The fraction of sp³-hybridized carbons (Fsp3) is 0.385. The summed E-state index contributed by atoms with van der Waals surface area (Å²) in [5.74, 6) is 0.986. The summed E-state index contributed by atoms with van der Waals surface area (Å²) in [7, 11) is 0. The van der Waals surface area contributed by atoms with Gasteiger partial charge in [0.25, 0.3) is 5.91 Å². The highest BCUT2D eigenvalue weighted by Gasteiger charge is 2.15. The Bertz CT molecular complexity index is 488. The Kier molecular flexibility index (Phi) is 4.22. The van der Waals surface area contributed by atoms with Gasteiger partial charge < -0.3 is 20.1 Å². The zero-order valence-corrected chi connectivity index (χ0v) is 10.7. The van der Waals surface area contributed by atoms with Crippen molar-refractivity contribution in [2.45, 2.75) is 13.3 Å². The number of carbonyl (C=O) groups is 2. The molecule has 1 aromatic rings. The zero-order valence-electron chi connectivity index (χ0n) is 10.7. The molecule has 6 nitrogen and oxygen atoms in total. The van der Waals surface area contributed by atoms with Gasteiger partial charge in [0.1, 0.15) is 0 Å². The Morgan fingerprint density at radius 1 is 1.16 bits per heavy atom. The Labute approximate surface area is 111 Å². The minimum absolute atomic E-state index is 0.0303. The van der Waals surface area contributed by atoms with Crippen LogP contribution in [0.25, 0.3) is 0 Å². The predicted octanol–water partition coefficient (Wildman–Crippen LogP) is 0.671. The first-order valence-electron chi connectivity index (χ1n) is 6.15. The van der Waals surface area contributed by atoms with Crippen molar-refractivity contribution in [1.29, 1.82) is 0 Å². The van der Waals surface area contributed by atoms with Crippen molar-refractivity contribution in [2.75, 3.05) is 19.9 Å². The average Bonchev–Trinajstić information content (AvgIpc) is 2.90. The number of fused-ring (bicyclic) bond motifs is 1. The molecule has 0 unspecified atom stereocenters. The molecule has 0 bridgehead atoms. The van der Waals surface area contributed by atoms with E-state index < -0.39 is 0 Å². The van der Waals surface area contributed by atoms with Crippen molar-refractivity contribution in [3.05, 3.63) is 23.8 Å². The number of ether oxygens (including phenoxy) is 2.